The van der Waals surface area contributed by atoms with Crippen LogP contribution in [-0.4, -0.2) is 23.7 Å². The molecule has 120 valence electrons. The summed E-state index contributed by atoms with van der Waals surface area (Å²) in [5, 5.41) is 0.101. The van der Waals surface area contributed by atoms with Gasteiger partial charge in [0, 0.05) is 6.54 Å². The Morgan fingerprint density at radius 2 is 1.87 bits per heavy atom. The number of nitrogens with zero attached hydrogens (tertiary/aromatic N) is 1. The fourth-order valence-electron chi connectivity index (χ4n) is 2.75. The molecule has 4 heteroatoms. The van der Waals surface area contributed by atoms with Crippen molar-refractivity contribution in [3.8, 4) is 5.75 Å². The molecule has 1 amide bonds. The summed E-state index contributed by atoms with van der Waals surface area (Å²) in [6.45, 7) is 4.86. The number of carbonyl (C=O) groups is 1. The van der Waals surface area contributed by atoms with E-state index in [4.69, 9.17) is 4.74 Å². The Labute approximate surface area is 141 Å². The molecule has 1 aliphatic heterocycles. The van der Waals surface area contributed by atoms with Crippen LogP contribution < -0.4 is 4.74 Å². The van der Waals surface area contributed by atoms with Gasteiger partial charge in [-0.05, 0) is 48.2 Å². The lowest BCUT2D eigenvalue weighted by atomic mass is 10.1. The predicted molar refractivity (Wildman–Crippen MR) is 94.7 cm³/mol. The van der Waals surface area contributed by atoms with Gasteiger partial charge in [0.1, 0.15) is 11.1 Å². The molecular formula is C19H21NO2S. The summed E-state index contributed by atoms with van der Waals surface area (Å²) in [6, 6.07) is 14.4. The smallest absolute Gasteiger partial charge is 0.234 e. The molecule has 2 aromatic rings. The van der Waals surface area contributed by atoms with Gasteiger partial charge in [0.2, 0.25) is 5.91 Å². The molecule has 0 radical (unpaired) electrons. The third-order valence-electron chi connectivity index (χ3n) is 4.30. The minimum atomic E-state index is 0.101. The first kappa shape index (κ1) is 15.9. The number of amides is 1. The number of methoxy groups -OCH3 is 1. The summed E-state index contributed by atoms with van der Waals surface area (Å²) in [4.78, 5) is 14.3. The quantitative estimate of drug-likeness (QED) is 0.847. The lowest BCUT2D eigenvalue weighted by Gasteiger charge is -2.25. The first-order valence-corrected chi connectivity index (χ1v) is 8.74. The van der Waals surface area contributed by atoms with Gasteiger partial charge >= 0.3 is 0 Å². The Morgan fingerprint density at radius 3 is 2.52 bits per heavy atom. The predicted octanol–water partition coefficient (Wildman–Crippen LogP) is 4.09. The number of hydrogen-bond donors (Lipinski definition) is 0. The van der Waals surface area contributed by atoms with E-state index in [-0.39, 0.29) is 11.3 Å². The second-order valence-electron chi connectivity index (χ2n) is 5.88. The van der Waals surface area contributed by atoms with E-state index in [0.29, 0.717) is 12.3 Å². The number of thioether (sulfide) groups is 1. The largest absolute Gasteiger partial charge is 0.497 e. The van der Waals surface area contributed by atoms with E-state index in [1.807, 2.05) is 29.2 Å². The number of ether oxygens (including phenoxy) is 1. The van der Waals surface area contributed by atoms with Crippen LogP contribution in [0.25, 0.3) is 0 Å². The zero-order valence-corrected chi connectivity index (χ0v) is 14.5. The number of aryl methyl sites for hydroxylation is 2. The van der Waals surface area contributed by atoms with Gasteiger partial charge < -0.3 is 9.64 Å². The molecular weight excluding hydrogens is 306 g/mol. The number of benzene rings is 2. The van der Waals surface area contributed by atoms with Crippen LogP contribution in [0.4, 0.5) is 0 Å². The van der Waals surface area contributed by atoms with E-state index in [1.165, 1.54) is 16.7 Å². The van der Waals surface area contributed by atoms with Crippen molar-refractivity contribution in [1.82, 2.24) is 4.90 Å². The molecule has 2 aromatic carbocycles. The Kier molecular flexibility index (Phi) is 4.62. The molecule has 1 heterocycles. The van der Waals surface area contributed by atoms with Crippen molar-refractivity contribution >= 4 is 17.7 Å². The highest BCUT2D eigenvalue weighted by Crippen LogP contribution is 2.40. The maximum Gasteiger partial charge on any atom is 0.234 e. The minimum Gasteiger partial charge on any atom is -0.497 e. The van der Waals surface area contributed by atoms with Crippen molar-refractivity contribution in [3.63, 3.8) is 0 Å². The van der Waals surface area contributed by atoms with Gasteiger partial charge in [0.05, 0.1) is 12.9 Å². The summed E-state index contributed by atoms with van der Waals surface area (Å²) in [5.74, 6) is 1.59. The molecule has 0 aliphatic carbocycles. The molecule has 1 fully saturated rings. The summed E-state index contributed by atoms with van der Waals surface area (Å²) in [5.41, 5.74) is 4.88. The Morgan fingerprint density at radius 1 is 1.13 bits per heavy atom. The normalized spacial score (nSPS) is 17.6. The van der Waals surface area contributed by atoms with Gasteiger partial charge in [-0.1, -0.05) is 30.3 Å². The third-order valence-corrected chi connectivity index (χ3v) is 5.55. The van der Waals surface area contributed by atoms with Crippen molar-refractivity contribution < 1.29 is 9.53 Å². The monoisotopic (exact) mass is 327 g/mol. The average Bonchev–Trinajstić information content (AvgIpc) is 2.92. The van der Waals surface area contributed by atoms with Crippen LogP contribution in [0.3, 0.4) is 0 Å². The van der Waals surface area contributed by atoms with Crippen molar-refractivity contribution in [2.24, 2.45) is 0 Å². The minimum absolute atomic E-state index is 0.101. The second kappa shape index (κ2) is 6.67. The fraction of sp³-hybridized carbons (Fsp3) is 0.316. The SMILES string of the molecule is COc1ccc(CN2C(=O)CS[C@H]2c2ccc(C)c(C)c2)cc1. The zero-order chi connectivity index (χ0) is 16.4. The van der Waals surface area contributed by atoms with Crippen LogP contribution in [0, 0.1) is 13.8 Å². The van der Waals surface area contributed by atoms with Crippen LogP contribution in [0.1, 0.15) is 27.6 Å². The van der Waals surface area contributed by atoms with Crippen LogP contribution in [0.15, 0.2) is 42.5 Å². The number of hydrogen-bond acceptors (Lipinski definition) is 3. The van der Waals surface area contributed by atoms with Crippen molar-refractivity contribution in [2.75, 3.05) is 12.9 Å². The van der Waals surface area contributed by atoms with Gasteiger partial charge in [0.15, 0.2) is 0 Å². The van der Waals surface area contributed by atoms with Crippen LogP contribution >= 0.6 is 11.8 Å². The summed E-state index contributed by atoms with van der Waals surface area (Å²) in [7, 11) is 1.66. The molecule has 0 aromatic heterocycles. The number of carbonyl (C=O) groups excluding carboxylic acids is 1. The zero-order valence-electron chi connectivity index (χ0n) is 13.7. The van der Waals surface area contributed by atoms with E-state index in [2.05, 4.69) is 32.0 Å². The molecule has 1 saturated heterocycles. The molecule has 3 rings (SSSR count). The van der Waals surface area contributed by atoms with E-state index >= 15 is 0 Å². The lowest BCUT2D eigenvalue weighted by molar-refractivity contribution is -0.128. The van der Waals surface area contributed by atoms with E-state index in [0.717, 1.165) is 11.3 Å². The molecule has 0 saturated carbocycles. The Balaban J connectivity index is 1.82. The molecule has 0 spiro atoms. The van der Waals surface area contributed by atoms with Crippen molar-refractivity contribution in [2.45, 2.75) is 25.8 Å². The molecule has 1 aliphatic rings. The Hall–Kier alpha value is -1.94. The third kappa shape index (κ3) is 3.37. The Bertz CT molecular complexity index is 712. The topological polar surface area (TPSA) is 29.5 Å². The van der Waals surface area contributed by atoms with E-state index < -0.39 is 0 Å². The van der Waals surface area contributed by atoms with Gasteiger partial charge in [-0.3, -0.25) is 4.79 Å². The average molecular weight is 327 g/mol. The highest BCUT2D eigenvalue weighted by Gasteiger charge is 2.32. The van der Waals surface area contributed by atoms with E-state index in [9.17, 15) is 4.79 Å². The van der Waals surface area contributed by atoms with Crippen molar-refractivity contribution in [3.05, 3.63) is 64.7 Å². The van der Waals surface area contributed by atoms with Crippen molar-refractivity contribution in [1.29, 1.82) is 0 Å². The van der Waals surface area contributed by atoms with Crippen LogP contribution in [0.5, 0.6) is 5.75 Å². The standard InChI is InChI=1S/C19H21NO2S/c1-13-4-7-16(10-14(13)2)19-20(18(21)12-23-19)11-15-5-8-17(22-3)9-6-15/h4-10,19H,11-12H2,1-3H3/t19-/m0/s1. The molecule has 0 N–H and O–H groups in total. The summed E-state index contributed by atoms with van der Waals surface area (Å²) >= 11 is 1.70. The molecule has 0 bridgehead atoms. The molecule has 0 unspecified atom stereocenters. The van der Waals surface area contributed by atoms with Crippen LogP contribution in [0.2, 0.25) is 0 Å². The molecule has 3 nitrogen and oxygen atoms in total. The highest BCUT2D eigenvalue weighted by molar-refractivity contribution is 8.00. The lowest BCUT2D eigenvalue weighted by Crippen LogP contribution is -2.27. The summed E-state index contributed by atoms with van der Waals surface area (Å²) < 4.78 is 5.19. The van der Waals surface area contributed by atoms with Gasteiger partial charge in [-0.2, -0.15) is 0 Å². The number of rotatable bonds is 4. The highest BCUT2D eigenvalue weighted by atomic mass is 32.2. The van der Waals surface area contributed by atoms with Gasteiger partial charge in [0.25, 0.3) is 0 Å². The van der Waals surface area contributed by atoms with Crippen LogP contribution in [-0.2, 0) is 11.3 Å². The molecule has 23 heavy (non-hydrogen) atoms. The van der Waals surface area contributed by atoms with Gasteiger partial charge in [-0.25, -0.2) is 0 Å². The van der Waals surface area contributed by atoms with E-state index in [1.54, 1.807) is 18.9 Å². The summed E-state index contributed by atoms with van der Waals surface area (Å²) in [6.07, 6.45) is 0. The molecule has 1 atom stereocenters. The maximum atomic E-state index is 12.3. The van der Waals surface area contributed by atoms with Gasteiger partial charge in [-0.15, -0.1) is 11.8 Å². The maximum absolute atomic E-state index is 12.3. The first-order valence-electron chi connectivity index (χ1n) is 7.69. The first-order chi connectivity index (χ1) is 11.1. The second-order valence-corrected chi connectivity index (χ2v) is 6.95. The fourth-order valence-corrected chi connectivity index (χ4v) is 3.92.